The predicted molar refractivity (Wildman–Crippen MR) is 85.3 cm³/mol. The molecule has 1 aliphatic heterocycles. The Hall–Kier alpha value is -1.52. The first kappa shape index (κ1) is 14.4. The number of ether oxygens (including phenoxy) is 3. The van der Waals surface area contributed by atoms with Crippen molar-refractivity contribution in [2.24, 2.45) is 0 Å². The Kier molecular flexibility index (Phi) is 4.17. The molecule has 0 aromatic heterocycles. The van der Waals surface area contributed by atoms with E-state index in [4.69, 9.17) is 14.2 Å². The molecule has 4 heteroatoms. The lowest BCUT2D eigenvalue weighted by atomic mass is 10.00. The van der Waals surface area contributed by atoms with Crippen LogP contribution in [-0.2, 0) is 18.0 Å². The summed E-state index contributed by atoms with van der Waals surface area (Å²) in [6, 6.07) is 12.5. The molecule has 3 rings (SSSR count). The Labute approximate surface area is 133 Å². The Bertz CT molecular complexity index is 654. The highest BCUT2D eigenvalue weighted by Gasteiger charge is 2.17. The fourth-order valence-corrected chi connectivity index (χ4v) is 3.12. The van der Waals surface area contributed by atoms with Crippen LogP contribution in [0.3, 0.4) is 0 Å². The third-order valence-corrected chi connectivity index (χ3v) is 4.80. The topological polar surface area (TPSA) is 27.7 Å². The number of benzene rings is 2. The molecule has 21 heavy (non-hydrogen) atoms. The van der Waals surface area contributed by atoms with E-state index in [-0.39, 0.29) is 4.83 Å². The summed E-state index contributed by atoms with van der Waals surface area (Å²) in [6.45, 7) is 1.42. The van der Waals surface area contributed by atoms with Crippen molar-refractivity contribution in [1.82, 2.24) is 0 Å². The number of methoxy groups -OCH3 is 2. The van der Waals surface area contributed by atoms with E-state index in [9.17, 15) is 0 Å². The van der Waals surface area contributed by atoms with Gasteiger partial charge in [-0.3, -0.25) is 0 Å². The van der Waals surface area contributed by atoms with Crippen molar-refractivity contribution in [2.45, 2.75) is 18.0 Å². The molecule has 0 bridgehead atoms. The molecule has 2 aromatic carbocycles. The fourth-order valence-electron chi connectivity index (χ4n) is 2.55. The maximum Gasteiger partial charge on any atom is 0.161 e. The lowest BCUT2D eigenvalue weighted by Gasteiger charge is -2.15. The molecule has 0 radical (unpaired) electrons. The standard InChI is InChI=1S/C17H17BrO3/c1-19-15-6-5-12(8-16(15)20-2)17(18)11-3-4-13-9-21-10-14(13)7-11/h3-8,17H,9-10H2,1-2H3. The Morgan fingerprint density at radius 3 is 2.33 bits per heavy atom. The predicted octanol–water partition coefficient (Wildman–Crippen LogP) is 4.22. The van der Waals surface area contributed by atoms with Crippen LogP contribution in [0, 0.1) is 0 Å². The van der Waals surface area contributed by atoms with E-state index in [1.165, 1.54) is 16.7 Å². The van der Waals surface area contributed by atoms with E-state index in [0.29, 0.717) is 6.61 Å². The van der Waals surface area contributed by atoms with Crippen molar-refractivity contribution < 1.29 is 14.2 Å². The van der Waals surface area contributed by atoms with Crippen LogP contribution in [0.4, 0.5) is 0 Å². The Balaban J connectivity index is 1.93. The number of hydrogen-bond acceptors (Lipinski definition) is 3. The third-order valence-electron chi connectivity index (χ3n) is 3.74. The molecular weight excluding hydrogens is 332 g/mol. The van der Waals surface area contributed by atoms with Gasteiger partial charge in [0.05, 0.1) is 32.3 Å². The average molecular weight is 349 g/mol. The molecule has 0 saturated heterocycles. The van der Waals surface area contributed by atoms with Gasteiger partial charge < -0.3 is 14.2 Å². The quantitative estimate of drug-likeness (QED) is 0.774. The molecule has 1 atom stereocenters. The summed E-state index contributed by atoms with van der Waals surface area (Å²) in [5.74, 6) is 1.48. The third kappa shape index (κ3) is 2.78. The van der Waals surface area contributed by atoms with Gasteiger partial charge in [0.25, 0.3) is 0 Å². The second kappa shape index (κ2) is 6.08. The zero-order valence-corrected chi connectivity index (χ0v) is 13.6. The number of halogens is 1. The summed E-state index contributed by atoms with van der Waals surface area (Å²) in [4.78, 5) is 0.114. The monoisotopic (exact) mass is 348 g/mol. The van der Waals surface area contributed by atoms with E-state index in [0.717, 1.165) is 23.7 Å². The van der Waals surface area contributed by atoms with Crippen molar-refractivity contribution >= 4 is 15.9 Å². The van der Waals surface area contributed by atoms with Crippen molar-refractivity contribution in [1.29, 1.82) is 0 Å². The zero-order chi connectivity index (χ0) is 14.8. The summed E-state index contributed by atoms with van der Waals surface area (Å²) in [7, 11) is 3.29. The highest BCUT2D eigenvalue weighted by Crippen LogP contribution is 2.37. The molecule has 0 aliphatic carbocycles. The number of hydrogen-bond donors (Lipinski definition) is 0. The largest absolute Gasteiger partial charge is 0.493 e. The van der Waals surface area contributed by atoms with Gasteiger partial charge in [0.1, 0.15) is 0 Å². The van der Waals surface area contributed by atoms with Crippen LogP contribution < -0.4 is 9.47 Å². The maximum atomic E-state index is 5.47. The molecule has 2 aromatic rings. The first-order valence-electron chi connectivity index (χ1n) is 6.78. The molecule has 3 nitrogen and oxygen atoms in total. The molecule has 1 heterocycles. The number of fused-ring (bicyclic) bond motifs is 1. The van der Waals surface area contributed by atoms with Crippen LogP contribution >= 0.6 is 15.9 Å². The molecule has 0 amide bonds. The average Bonchev–Trinajstić information content (AvgIpc) is 3.00. The van der Waals surface area contributed by atoms with E-state index in [1.807, 2.05) is 18.2 Å². The molecule has 110 valence electrons. The van der Waals surface area contributed by atoms with Crippen LogP contribution in [0.2, 0.25) is 0 Å². The Morgan fingerprint density at radius 1 is 0.905 bits per heavy atom. The maximum absolute atomic E-state index is 5.47. The lowest BCUT2D eigenvalue weighted by molar-refractivity contribution is 0.134. The van der Waals surface area contributed by atoms with Crippen LogP contribution in [0.25, 0.3) is 0 Å². The molecule has 0 spiro atoms. The van der Waals surface area contributed by atoms with Gasteiger partial charge in [-0.25, -0.2) is 0 Å². The SMILES string of the molecule is COc1ccc(C(Br)c2ccc3c(c2)COC3)cc1OC. The summed E-state index contributed by atoms with van der Waals surface area (Å²) < 4.78 is 16.1. The molecule has 0 N–H and O–H groups in total. The van der Waals surface area contributed by atoms with Gasteiger partial charge in [-0.05, 0) is 34.4 Å². The molecular formula is C17H17BrO3. The van der Waals surface area contributed by atoms with Crippen molar-refractivity contribution in [3.05, 3.63) is 58.7 Å². The van der Waals surface area contributed by atoms with E-state index < -0.39 is 0 Å². The summed E-state index contributed by atoms with van der Waals surface area (Å²) in [5, 5.41) is 0. The fraction of sp³-hybridized carbons (Fsp3) is 0.294. The smallest absolute Gasteiger partial charge is 0.161 e. The highest BCUT2D eigenvalue weighted by molar-refractivity contribution is 9.09. The summed E-state index contributed by atoms with van der Waals surface area (Å²) in [5.41, 5.74) is 4.90. The lowest BCUT2D eigenvalue weighted by Crippen LogP contribution is -1.97. The van der Waals surface area contributed by atoms with E-state index in [1.54, 1.807) is 14.2 Å². The highest BCUT2D eigenvalue weighted by atomic mass is 79.9. The summed E-state index contributed by atoms with van der Waals surface area (Å²) >= 11 is 3.78. The van der Waals surface area contributed by atoms with Crippen molar-refractivity contribution in [2.75, 3.05) is 14.2 Å². The Morgan fingerprint density at radius 2 is 1.57 bits per heavy atom. The summed E-state index contributed by atoms with van der Waals surface area (Å²) in [6.07, 6.45) is 0. The van der Waals surface area contributed by atoms with Crippen LogP contribution in [0.15, 0.2) is 36.4 Å². The van der Waals surface area contributed by atoms with Crippen LogP contribution in [0.5, 0.6) is 11.5 Å². The number of rotatable bonds is 4. The van der Waals surface area contributed by atoms with Gasteiger partial charge in [-0.15, -0.1) is 0 Å². The first-order chi connectivity index (χ1) is 10.2. The molecule has 1 unspecified atom stereocenters. The number of alkyl halides is 1. The zero-order valence-electron chi connectivity index (χ0n) is 12.1. The minimum absolute atomic E-state index is 0.114. The van der Waals surface area contributed by atoms with Gasteiger partial charge in [0.2, 0.25) is 0 Å². The van der Waals surface area contributed by atoms with Gasteiger partial charge in [0, 0.05) is 0 Å². The van der Waals surface area contributed by atoms with Gasteiger partial charge in [-0.1, -0.05) is 40.2 Å². The minimum Gasteiger partial charge on any atom is -0.493 e. The minimum atomic E-state index is 0.114. The molecule has 0 fully saturated rings. The molecule has 0 saturated carbocycles. The normalized spacial score (nSPS) is 14.6. The second-order valence-corrected chi connectivity index (χ2v) is 5.91. The van der Waals surface area contributed by atoms with E-state index >= 15 is 0 Å². The van der Waals surface area contributed by atoms with Gasteiger partial charge in [-0.2, -0.15) is 0 Å². The van der Waals surface area contributed by atoms with Crippen molar-refractivity contribution in [3.63, 3.8) is 0 Å². The van der Waals surface area contributed by atoms with Crippen LogP contribution in [-0.4, -0.2) is 14.2 Å². The first-order valence-corrected chi connectivity index (χ1v) is 7.70. The molecule has 1 aliphatic rings. The van der Waals surface area contributed by atoms with Gasteiger partial charge in [0.15, 0.2) is 11.5 Å². The second-order valence-electron chi connectivity index (χ2n) is 5.00. The van der Waals surface area contributed by atoms with Gasteiger partial charge >= 0.3 is 0 Å². The van der Waals surface area contributed by atoms with E-state index in [2.05, 4.69) is 34.1 Å². The van der Waals surface area contributed by atoms with Crippen molar-refractivity contribution in [3.8, 4) is 11.5 Å². The van der Waals surface area contributed by atoms with Crippen LogP contribution in [0.1, 0.15) is 27.1 Å².